The molecule has 0 aliphatic rings. The van der Waals surface area contributed by atoms with Gasteiger partial charge in [-0.05, 0) is 49.9 Å². The van der Waals surface area contributed by atoms with E-state index in [9.17, 15) is 0 Å². The summed E-state index contributed by atoms with van der Waals surface area (Å²) in [7, 11) is 3.54. The van der Waals surface area contributed by atoms with Crippen LogP contribution >= 0.6 is 11.6 Å². The largest absolute Gasteiger partial charge is 0.497 e. The molecule has 114 valence electrons. The minimum atomic E-state index is 0.331. The van der Waals surface area contributed by atoms with Gasteiger partial charge < -0.3 is 10.5 Å². The van der Waals surface area contributed by atoms with Crippen molar-refractivity contribution in [2.45, 2.75) is 19.8 Å². The van der Waals surface area contributed by atoms with Crippen molar-refractivity contribution in [3.05, 3.63) is 46.2 Å². The number of nitrogens with two attached hydrogens (primary N) is 1. The van der Waals surface area contributed by atoms with Crippen molar-refractivity contribution in [1.82, 2.24) is 9.78 Å². The Morgan fingerprint density at radius 2 is 2.14 bits per heavy atom. The first-order chi connectivity index (χ1) is 10.0. The number of halogens is 1. The van der Waals surface area contributed by atoms with Crippen molar-refractivity contribution in [2.24, 2.45) is 18.7 Å². The van der Waals surface area contributed by atoms with Gasteiger partial charge in [0.2, 0.25) is 0 Å². The lowest BCUT2D eigenvalue weighted by Gasteiger charge is -2.15. The first kappa shape index (κ1) is 15.9. The van der Waals surface area contributed by atoms with Crippen LogP contribution in [-0.4, -0.2) is 23.4 Å². The van der Waals surface area contributed by atoms with Gasteiger partial charge in [0.15, 0.2) is 0 Å². The second-order valence-electron chi connectivity index (χ2n) is 5.34. The zero-order chi connectivity index (χ0) is 15.4. The molecule has 1 heterocycles. The van der Waals surface area contributed by atoms with Gasteiger partial charge in [0, 0.05) is 12.6 Å². The zero-order valence-corrected chi connectivity index (χ0v) is 13.5. The molecule has 0 aliphatic carbocycles. The van der Waals surface area contributed by atoms with Crippen LogP contribution in [0.5, 0.6) is 5.75 Å². The summed E-state index contributed by atoms with van der Waals surface area (Å²) >= 11 is 6.31. The number of methoxy groups -OCH3 is 1. The Morgan fingerprint density at radius 1 is 1.38 bits per heavy atom. The summed E-state index contributed by atoms with van der Waals surface area (Å²) in [4.78, 5) is 0. The highest BCUT2D eigenvalue weighted by molar-refractivity contribution is 6.30. The third kappa shape index (κ3) is 3.77. The molecule has 0 bridgehead atoms. The van der Waals surface area contributed by atoms with Crippen LogP contribution in [0.2, 0.25) is 5.15 Å². The molecular formula is C16H22ClN3O. The fourth-order valence-corrected chi connectivity index (χ4v) is 2.82. The van der Waals surface area contributed by atoms with E-state index >= 15 is 0 Å². The molecule has 4 nitrogen and oxygen atoms in total. The molecule has 0 fully saturated rings. The summed E-state index contributed by atoms with van der Waals surface area (Å²) in [6.45, 7) is 2.60. The summed E-state index contributed by atoms with van der Waals surface area (Å²) in [5.41, 5.74) is 9.24. The topological polar surface area (TPSA) is 53.1 Å². The van der Waals surface area contributed by atoms with E-state index in [1.807, 2.05) is 26.1 Å². The molecule has 0 saturated heterocycles. The molecule has 0 radical (unpaired) electrons. The fourth-order valence-electron chi connectivity index (χ4n) is 2.57. The van der Waals surface area contributed by atoms with E-state index in [2.05, 4.69) is 17.2 Å². The van der Waals surface area contributed by atoms with Crippen LogP contribution in [0.15, 0.2) is 24.3 Å². The Kier molecular flexibility index (Phi) is 5.26. The van der Waals surface area contributed by atoms with Gasteiger partial charge in [0.25, 0.3) is 0 Å². The highest BCUT2D eigenvalue weighted by atomic mass is 35.5. The van der Waals surface area contributed by atoms with E-state index in [4.69, 9.17) is 22.1 Å². The summed E-state index contributed by atoms with van der Waals surface area (Å²) in [6, 6.07) is 8.11. The van der Waals surface area contributed by atoms with Gasteiger partial charge in [0.05, 0.1) is 12.8 Å². The van der Waals surface area contributed by atoms with Gasteiger partial charge in [0.1, 0.15) is 10.9 Å². The highest BCUT2D eigenvalue weighted by Gasteiger charge is 2.17. The van der Waals surface area contributed by atoms with Crippen molar-refractivity contribution in [1.29, 1.82) is 0 Å². The zero-order valence-electron chi connectivity index (χ0n) is 12.8. The number of hydrogen-bond donors (Lipinski definition) is 1. The second-order valence-corrected chi connectivity index (χ2v) is 5.70. The molecule has 1 aromatic carbocycles. The summed E-state index contributed by atoms with van der Waals surface area (Å²) in [5, 5.41) is 5.06. The number of hydrogen-bond acceptors (Lipinski definition) is 3. The maximum atomic E-state index is 6.31. The molecule has 1 aromatic heterocycles. The number of aryl methyl sites for hydroxylation is 2. The first-order valence-corrected chi connectivity index (χ1v) is 7.44. The lowest BCUT2D eigenvalue weighted by Crippen LogP contribution is -2.19. The molecule has 2 aromatic rings. The van der Waals surface area contributed by atoms with Crippen molar-refractivity contribution in [3.8, 4) is 5.75 Å². The molecule has 0 spiro atoms. The predicted molar refractivity (Wildman–Crippen MR) is 85.9 cm³/mol. The number of benzene rings is 1. The molecule has 5 heteroatoms. The Labute approximate surface area is 130 Å². The molecule has 0 aliphatic heterocycles. The molecule has 0 amide bonds. The molecule has 1 atom stereocenters. The van der Waals surface area contributed by atoms with Crippen LogP contribution in [0.25, 0.3) is 0 Å². The minimum Gasteiger partial charge on any atom is -0.497 e. The predicted octanol–water partition coefficient (Wildman–Crippen LogP) is 2.75. The lowest BCUT2D eigenvalue weighted by atomic mass is 9.93. The summed E-state index contributed by atoms with van der Waals surface area (Å²) in [5.74, 6) is 1.20. The fraction of sp³-hybridized carbons (Fsp3) is 0.438. The number of rotatable bonds is 6. The maximum absolute atomic E-state index is 6.31. The molecular weight excluding hydrogens is 286 g/mol. The van der Waals surface area contributed by atoms with Gasteiger partial charge in [-0.3, -0.25) is 4.68 Å². The smallest absolute Gasteiger partial charge is 0.130 e. The Hall–Kier alpha value is -1.52. The van der Waals surface area contributed by atoms with E-state index < -0.39 is 0 Å². The van der Waals surface area contributed by atoms with E-state index in [0.717, 1.165) is 29.8 Å². The Balaban J connectivity index is 2.13. The van der Waals surface area contributed by atoms with Crippen LogP contribution in [0.3, 0.4) is 0 Å². The van der Waals surface area contributed by atoms with Crippen molar-refractivity contribution in [3.63, 3.8) is 0 Å². The van der Waals surface area contributed by atoms with Gasteiger partial charge in [-0.2, -0.15) is 5.10 Å². The van der Waals surface area contributed by atoms with E-state index in [0.29, 0.717) is 17.6 Å². The van der Waals surface area contributed by atoms with Crippen molar-refractivity contribution < 1.29 is 4.74 Å². The molecule has 2 rings (SSSR count). The van der Waals surface area contributed by atoms with Crippen LogP contribution in [0.1, 0.15) is 16.8 Å². The van der Waals surface area contributed by atoms with Crippen LogP contribution in [-0.2, 0) is 19.9 Å². The van der Waals surface area contributed by atoms with Crippen LogP contribution in [0.4, 0.5) is 0 Å². The van der Waals surface area contributed by atoms with Crippen molar-refractivity contribution >= 4 is 11.6 Å². The molecule has 2 N–H and O–H groups in total. The summed E-state index contributed by atoms with van der Waals surface area (Å²) < 4.78 is 6.98. The average molecular weight is 308 g/mol. The van der Waals surface area contributed by atoms with E-state index in [1.54, 1.807) is 11.8 Å². The SMILES string of the molecule is COc1cccc(CC(CN)Cc2c(C)nn(C)c2Cl)c1. The number of nitrogens with zero attached hydrogens (tertiary/aromatic N) is 2. The monoisotopic (exact) mass is 307 g/mol. The average Bonchev–Trinajstić information content (AvgIpc) is 2.73. The first-order valence-electron chi connectivity index (χ1n) is 7.06. The third-order valence-corrected chi connectivity index (χ3v) is 4.23. The normalized spacial score (nSPS) is 12.4. The number of aromatic nitrogens is 2. The van der Waals surface area contributed by atoms with Crippen molar-refractivity contribution in [2.75, 3.05) is 13.7 Å². The van der Waals surface area contributed by atoms with Crippen LogP contribution in [0, 0.1) is 12.8 Å². The van der Waals surface area contributed by atoms with E-state index in [-0.39, 0.29) is 0 Å². The maximum Gasteiger partial charge on any atom is 0.130 e. The van der Waals surface area contributed by atoms with Crippen LogP contribution < -0.4 is 10.5 Å². The third-order valence-electron chi connectivity index (χ3n) is 3.75. The molecule has 0 saturated carbocycles. The van der Waals surface area contributed by atoms with E-state index in [1.165, 1.54) is 5.56 Å². The standard InChI is InChI=1S/C16H22ClN3O/c1-11-15(16(17)20(2)19-11)9-13(10-18)7-12-5-4-6-14(8-12)21-3/h4-6,8,13H,7,9-10,18H2,1-3H3. The molecule has 21 heavy (non-hydrogen) atoms. The van der Waals surface area contributed by atoms with Gasteiger partial charge in [-0.1, -0.05) is 23.7 Å². The Bertz CT molecular complexity index is 610. The lowest BCUT2D eigenvalue weighted by molar-refractivity contribution is 0.413. The second kappa shape index (κ2) is 6.96. The Morgan fingerprint density at radius 3 is 2.71 bits per heavy atom. The minimum absolute atomic E-state index is 0.331. The molecule has 1 unspecified atom stereocenters. The van der Waals surface area contributed by atoms with Gasteiger partial charge in [-0.15, -0.1) is 0 Å². The quantitative estimate of drug-likeness (QED) is 0.893. The van der Waals surface area contributed by atoms with Gasteiger partial charge in [-0.25, -0.2) is 0 Å². The summed E-state index contributed by atoms with van der Waals surface area (Å²) in [6.07, 6.45) is 1.74. The highest BCUT2D eigenvalue weighted by Crippen LogP contribution is 2.24. The van der Waals surface area contributed by atoms with Gasteiger partial charge >= 0.3 is 0 Å². The number of ether oxygens (including phenoxy) is 1.